The summed E-state index contributed by atoms with van der Waals surface area (Å²) in [6.45, 7) is 38.8. The number of aryl methyl sites for hydroxylation is 3. The molecule has 4 aromatic carbocycles. The highest BCUT2D eigenvalue weighted by Crippen LogP contribution is 2.36. The highest BCUT2D eigenvalue weighted by molar-refractivity contribution is 5.83. The fourth-order valence-electron chi connectivity index (χ4n) is 17.3. The van der Waals surface area contributed by atoms with E-state index < -0.39 is 17.4 Å². The van der Waals surface area contributed by atoms with Gasteiger partial charge in [0.25, 0.3) is 5.91 Å². The number of aromatic nitrogens is 2. The number of halogens is 2. The van der Waals surface area contributed by atoms with Gasteiger partial charge in [-0.15, -0.1) is 6.42 Å². The van der Waals surface area contributed by atoms with Crippen molar-refractivity contribution in [2.24, 2.45) is 29.6 Å². The highest BCUT2D eigenvalue weighted by atomic mass is 19.3. The van der Waals surface area contributed by atoms with Crippen molar-refractivity contribution in [3.05, 3.63) is 154 Å². The Labute approximate surface area is 705 Å². The first-order valence-electron chi connectivity index (χ1n) is 46.4. The number of nitrogens with zero attached hydrogens (tertiary/aromatic N) is 7. The summed E-state index contributed by atoms with van der Waals surface area (Å²) in [5.41, 5.74) is 9.85. The highest BCUT2D eigenvalue weighted by Gasteiger charge is 2.38. The number of anilines is 2. The zero-order chi connectivity index (χ0) is 84.3. The van der Waals surface area contributed by atoms with E-state index in [2.05, 4.69) is 166 Å². The molecule has 8 fully saturated rings. The van der Waals surface area contributed by atoms with Crippen molar-refractivity contribution in [3.8, 4) is 12.3 Å². The molecule has 0 radical (unpaired) electrons. The largest absolute Gasteiger partial charge is 0.444 e. The van der Waals surface area contributed by atoms with Gasteiger partial charge in [-0.25, -0.2) is 19.6 Å². The fourth-order valence-corrected chi connectivity index (χ4v) is 17.3. The van der Waals surface area contributed by atoms with E-state index in [1.807, 2.05) is 81.9 Å². The predicted octanol–water partition coefficient (Wildman–Crippen LogP) is 26.7. The third kappa shape index (κ3) is 36.7. The van der Waals surface area contributed by atoms with Crippen molar-refractivity contribution in [3.63, 3.8) is 0 Å². The van der Waals surface area contributed by atoms with E-state index in [9.17, 15) is 23.2 Å². The second kappa shape index (κ2) is 52.8. The third-order valence-corrected chi connectivity index (χ3v) is 25.6. The summed E-state index contributed by atoms with van der Waals surface area (Å²) < 4.78 is 36.8. The average molecular weight is 1600 g/mol. The van der Waals surface area contributed by atoms with Gasteiger partial charge in [0.15, 0.2) is 0 Å². The van der Waals surface area contributed by atoms with Gasteiger partial charge in [0.05, 0.1) is 0 Å². The molecular formula is C102H159F2N7O5. The minimum Gasteiger partial charge on any atom is -0.444 e. The maximum atomic E-state index is 13.0. The van der Waals surface area contributed by atoms with Gasteiger partial charge in [-0.1, -0.05) is 250 Å². The van der Waals surface area contributed by atoms with E-state index in [1.165, 1.54) is 206 Å². The average Bonchev–Trinajstić information content (AvgIpc) is 0.822. The molecule has 5 saturated heterocycles. The number of hydrogen-bond donors (Lipinski definition) is 0. The summed E-state index contributed by atoms with van der Waals surface area (Å²) in [5.74, 6) is 5.85. The molecule has 3 amide bonds. The van der Waals surface area contributed by atoms with Crippen LogP contribution in [0.3, 0.4) is 0 Å². The first-order chi connectivity index (χ1) is 55.7. The number of carbonyl (C=O) groups excluding carboxylic acids is 3. The van der Waals surface area contributed by atoms with Crippen LogP contribution in [0.15, 0.2) is 116 Å². The summed E-state index contributed by atoms with van der Waals surface area (Å²) in [5, 5.41) is 0. The molecule has 1 aromatic heterocycles. The molecule has 6 heterocycles. The Balaban J connectivity index is 0.000000209. The molecule has 0 spiro atoms. The Hall–Kier alpha value is -7.01. The quantitative estimate of drug-likeness (QED) is 0.100. The molecule has 8 aliphatic rings. The lowest BCUT2D eigenvalue weighted by Gasteiger charge is -2.33. The van der Waals surface area contributed by atoms with Crippen LogP contribution < -0.4 is 9.80 Å². The molecule has 14 heteroatoms. The van der Waals surface area contributed by atoms with Gasteiger partial charge in [0.1, 0.15) is 11.2 Å². The minimum absolute atomic E-state index is 0.156. The zero-order valence-corrected chi connectivity index (χ0v) is 75.5. The molecule has 3 aliphatic carbocycles. The van der Waals surface area contributed by atoms with E-state index in [4.69, 9.17) is 15.9 Å². The number of piperidine rings is 5. The van der Waals surface area contributed by atoms with Crippen LogP contribution in [0.2, 0.25) is 0 Å². The van der Waals surface area contributed by atoms with Gasteiger partial charge < -0.3 is 34.0 Å². The first-order valence-corrected chi connectivity index (χ1v) is 46.4. The summed E-state index contributed by atoms with van der Waals surface area (Å²) >= 11 is 0. The van der Waals surface area contributed by atoms with Crippen LogP contribution >= 0.6 is 0 Å². The molecule has 5 aromatic rings. The van der Waals surface area contributed by atoms with Crippen LogP contribution in [0.1, 0.15) is 353 Å². The Bertz CT molecular complexity index is 3430. The summed E-state index contributed by atoms with van der Waals surface area (Å²) in [4.78, 5) is 53.5. The Morgan fingerprint density at radius 3 is 0.974 bits per heavy atom. The van der Waals surface area contributed by atoms with Crippen molar-refractivity contribution < 1.29 is 32.6 Å². The number of carbonyl (C=O) groups is 3. The molecule has 0 N–H and O–H groups in total. The molecule has 116 heavy (non-hydrogen) atoms. The smallest absolute Gasteiger partial charge is 0.410 e. The normalized spacial score (nSPS) is 18.6. The Morgan fingerprint density at radius 2 is 0.672 bits per heavy atom. The first kappa shape index (κ1) is 97.8. The lowest BCUT2D eigenvalue weighted by Crippen LogP contribution is -2.45. The molecular weight excluding hydrogens is 1440 g/mol. The number of alkyl halides is 2. The van der Waals surface area contributed by atoms with E-state index in [-0.39, 0.29) is 17.8 Å². The monoisotopic (exact) mass is 1600 g/mol. The molecule has 646 valence electrons. The van der Waals surface area contributed by atoms with Gasteiger partial charge >= 0.3 is 18.1 Å². The minimum atomic E-state index is -3.25. The SMILES string of the molecule is C#Cc1ccc(N2CCC(CC)CC2)cc1.CCC1CCCCC1.CCC1CCCCC1.CCC1CCN(C(=O)OC(C)(C)C)CC1.CCC1CCN(c2ncccn2)CC1.CCc1ccc(C2CCCCC2)cc1.CCc1ccc(C2CCN(C(=O)C(C)(F)F)CC2)cc1.CCc1ccc(C2CCN(C(=O)OC(C)(C)C)CC2)cc1. The van der Waals surface area contributed by atoms with Gasteiger partial charge in [-0.05, 0) is 249 Å². The molecule has 3 saturated carbocycles. The van der Waals surface area contributed by atoms with E-state index in [0.29, 0.717) is 31.8 Å². The van der Waals surface area contributed by atoms with Crippen LogP contribution in [-0.2, 0) is 33.5 Å². The number of hydrogen-bond acceptors (Lipinski definition) is 9. The molecule has 0 unspecified atom stereocenters. The van der Waals surface area contributed by atoms with E-state index in [1.54, 1.807) is 5.56 Å². The number of benzene rings is 4. The molecule has 0 bridgehead atoms. The van der Waals surface area contributed by atoms with E-state index in [0.717, 1.165) is 144 Å². The zero-order valence-electron chi connectivity index (χ0n) is 75.5. The van der Waals surface area contributed by atoms with Crippen molar-refractivity contribution in [1.29, 1.82) is 0 Å². The van der Waals surface area contributed by atoms with Crippen molar-refractivity contribution >= 4 is 29.7 Å². The van der Waals surface area contributed by atoms with Gasteiger partial charge in [0, 0.05) is 96.0 Å². The number of amides is 3. The predicted molar refractivity (Wildman–Crippen MR) is 484 cm³/mol. The van der Waals surface area contributed by atoms with Crippen LogP contribution in [-0.4, -0.2) is 125 Å². The van der Waals surface area contributed by atoms with Crippen molar-refractivity contribution in [2.75, 3.05) is 75.2 Å². The molecule has 5 aliphatic heterocycles. The number of rotatable bonds is 14. The van der Waals surface area contributed by atoms with Gasteiger partial charge in [-0.3, -0.25) is 4.79 Å². The Morgan fingerprint density at radius 1 is 0.379 bits per heavy atom. The molecule has 13 rings (SSSR count). The fraction of sp³-hybridized carbons (Fsp3) is 0.676. The van der Waals surface area contributed by atoms with Crippen LogP contribution in [0, 0.1) is 41.9 Å². The maximum absolute atomic E-state index is 13.0. The summed E-state index contributed by atoms with van der Waals surface area (Å²) in [6.07, 6.45) is 51.8. The van der Waals surface area contributed by atoms with Crippen LogP contribution in [0.25, 0.3) is 0 Å². The number of ether oxygens (including phenoxy) is 2. The molecule has 12 nitrogen and oxygen atoms in total. The third-order valence-electron chi connectivity index (χ3n) is 25.6. The number of likely N-dealkylation sites (tertiary alicyclic amines) is 3. The lowest BCUT2D eigenvalue weighted by atomic mass is 9.84. The Kier molecular flexibility index (Phi) is 44.5. The van der Waals surface area contributed by atoms with Crippen molar-refractivity contribution in [2.45, 2.75) is 351 Å². The van der Waals surface area contributed by atoms with E-state index >= 15 is 0 Å². The second-order valence-corrected chi connectivity index (χ2v) is 36.4. The van der Waals surface area contributed by atoms with Gasteiger partial charge in [0.2, 0.25) is 5.95 Å². The second-order valence-electron chi connectivity index (χ2n) is 36.4. The lowest BCUT2D eigenvalue weighted by molar-refractivity contribution is -0.156. The summed E-state index contributed by atoms with van der Waals surface area (Å²) in [7, 11) is 0. The van der Waals surface area contributed by atoms with Crippen molar-refractivity contribution in [1.82, 2.24) is 24.7 Å². The van der Waals surface area contributed by atoms with Crippen LogP contribution in [0.5, 0.6) is 0 Å². The number of terminal acetylenes is 1. The molecule has 0 atom stereocenters. The summed E-state index contributed by atoms with van der Waals surface area (Å²) in [6, 6.07) is 36.9. The van der Waals surface area contributed by atoms with Gasteiger partial charge in [-0.2, -0.15) is 8.78 Å². The van der Waals surface area contributed by atoms with Crippen LogP contribution in [0.4, 0.5) is 30.0 Å². The topological polar surface area (TPSA) is 112 Å². The maximum Gasteiger partial charge on any atom is 0.410 e. The standard InChI is InChI=1S/C18H27NO2.C16H21F2NO.C15H19N.C14H20.C12H23NO2.C11H17N3.2C8H16/c1-5-14-6-8-15(9-7-14)16-10-12-19(13-11-16)17(20)21-18(2,3)4;1-3-12-4-6-13(7-5-12)14-8-10-19(11-9-14)15(20)16(2,17)18;1-3-13-5-7-15(8-6-13)16-11-9-14(4-2)10-12-16;1-2-12-8-10-14(11-9-12)13-6-4-3-5-7-13;1-5-10-6-8-13(9-7-10)11(14)15-12(2,3)4;1-2-10-4-8-14(9-5-10)11-12-6-3-7-13-11;2*1-2-8-6-4-3-5-7-8/h6-9,16H,5,10-13H2,1-4H3;4-7,14H,3,8-11H2,1-2H3;1,5-8,14H,4,9-12H2,2H3;8-11,13H,2-7H2,1H3;10H,5-9H2,1-4H3;3,6-7,10H,2,4-5,8-9H2,1H3;2*8H,2-7H2,1H3.